The number of hydrogen-bond acceptors (Lipinski definition) is 5. The first-order valence-corrected chi connectivity index (χ1v) is 8.51. The summed E-state index contributed by atoms with van der Waals surface area (Å²) in [6.07, 6.45) is 0.0188. The monoisotopic (exact) mass is 342 g/mol. The molecule has 1 heterocycles. The van der Waals surface area contributed by atoms with Gasteiger partial charge in [-0.25, -0.2) is 17.9 Å². The van der Waals surface area contributed by atoms with Crippen LogP contribution in [0.4, 0.5) is 0 Å². The van der Waals surface area contributed by atoms with Crippen molar-refractivity contribution in [3.63, 3.8) is 0 Å². The van der Waals surface area contributed by atoms with Crippen molar-refractivity contribution >= 4 is 21.9 Å². The maximum atomic E-state index is 12.0. The average molecular weight is 342 g/mol. The second-order valence-corrected chi connectivity index (χ2v) is 6.97. The van der Waals surface area contributed by atoms with Gasteiger partial charge in [0.25, 0.3) is 0 Å². The Morgan fingerprint density at radius 1 is 1.26 bits per heavy atom. The Hall–Kier alpha value is -1.97. The Balaban J connectivity index is 1.87. The number of carboxylic acids is 1. The van der Waals surface area contributed by atoms with Gasteiger partial charge in [-0.3, -0.25) is 4.79 Å². The first-order chi connectivity index (χ1) is 10.9. The highest BCUT2D eigenvalue weighted by atomic mass is 32.2. The van der Waals surface area contributed by atoms with Crippen LogP contribution >= 0.6 is 0 Å². The summed E-state index contributed by atoms with van der Waals surface area (Å²) in [5.74, 6) is -1.71. The number of aliphatic carboxylic acids is 1. The molecule has 1 unspecified atom stereocenters. The molecule has 8 nitrogen and oxygen atoms in total. The molecule has 0 saturated carbocycles. The van der Waals surface area contributed by atoms with E-state index in [4.69, 9.17) is 4.74 Å². The summed E-state index contributed by atoms with van der Waals surface area (Å²) >= 11 is 0. The van der Waals surface area contributed by atoms with Gasteiger partial charge in [0.15, 0.2) is 5.54 Å². The van der Waals surface area contributed by atoms with E-state index >= 15 is 0 Å². The van der Waals surface area contributed by atoms with Crippen molar-refractivity contribution in [3.05, 3.63) is 30.3 Å². The summed E-state index contributed by atoms with van der Waals surface area (Å²) < 4.78 is 31.3. The fraction of sp³-hybridized carbons (Fsp3) is 0.429. The van der Waals surface area contributed by atoms with E-state index < -0.39 is 27.4 Å². The second kappa shape index (κ2) is 7.07. The molecule has 1 atom stereocenters. The minimum atomic E-state index is -3.69. The van der Waals surface area contributed by atoms with Gasteiger partial charge in [0, 0.05) is 26.0 Å². The summed E-state index contributed by atoms with van der Waals surface area (Å²) in [7, 11) is -3.69. The first kappa shape index (κ1) is 17.4. The topological polar surface area (TPSA) is 122 Å². The molecule has 126 valence electrons. The number of rotatable bonds is 7. The molecule has 0 spiro atoms. The standard InChI is InChI=1S/C14H18N2O6S/c17-12(16-14(13(18)19)7-9-22-10-14)6-8-15-23(20,21)11-4-2-1-3-5-11/h1-5,15H,6-10H2,(H,16,17)(H,18,19). The van der Waals surface area contributed by atoms with Crippen LogP contribution < -0.4 is 10.0 Å². The number of hydrogen-bond donors (Lipinski definition) is 3. The number of carbonyl (C=O) groups is 2. The van der Waals surface area contributed by atoms with Crippen LogP contribution in [-0.2, 0) is 24.3 Å². The van der Waals surface area contributed by atoms with E-state index in [0.29, 0.717) is 0 Å². The van der Waals surface area contributed by atoms with Crippen molar-refractivity contribution in [1.29, 1.82) is 0 Å². The molecule has 1 amide bonds. The van der Waals surface area contributed by atoms with Gasteiger partial charge >= 0.3 is 5.97 Å². The fourth-order valence-electron chi connectivity index (χ4n) is 2.20. The largest absolute Gasteiger partial charge is 0.479 e. The Morgan fingerprint density at radius 2 is 1.96 bits per heavy atom. The van der Waals surface area contributed by atoms with Crippen LogP contribution in [0.1, 0.15) is 12.8 Å². The molecule has 1 aliphatic rings. The molecule has 9 heteroatoms. The third-order valence-corrected chi connectivity index (χ3v) is 4.98. The average Bonchev–Trinajstić information content (AvgIpc) is 2.98. The molecule has 23 heavy (non-hydrogen) atoms. The van der Waals surface area contributed by atoms with Crippen LogP contribution in [0.5, 0.6) is 0 Å². The Morgan fingerprint density at radius 3 is 2.52 bits per heavy atom. The predicted octanol–water partition coefficient (Wildman–Crippen LogP) is -0.285. The number of nitrogens with one attached hydrogen (secondary N) is 2. The van der Waals surface area contributed by atoms with Gasteiger partial charge < -0.3 is 15.2 Å². The van der Waals surface area contributed by atoms with Gasteiger partial charge in [-0.1, -0.05) is 18.2 Å². The zero-order chi connectivity index (χ0) is 16.9. The minimum Gasteiger partial charge on any atom is -0.479 e. The molecular weight excluding hydrogens is 324 g/mol. The zero-order valence-electron chi connectivity index (χ0n) is 12.3. The summed E-state index contributed by atoms with van der Waals surface area (Å²) in [5, 5.41) is 11.6. The lowest BCUT2D eigenvalue weighted by atomic mass is 9.99. The van der Waals surface area contributed by atoms with E-state index in [0.717, 1.165) is 0 Å². The molecule has 3 N–H and O–H groups in total. The smallest absolute Gasteiger partial charge is 0.331 e. The lowest BCUT2D eigenvalue weighted by molar-refractivity contribution is -0.147. The van der Waals surface area contributed by atoms with Gasteiger partial charge in [0.1, 0.15) is 0 Å². The van der Waals surface area contributed by atoms with Crippen LogP contribution in [0.25, 0.3) is 0 Å². The van der Waals surface area contributed by atoms with Gasteiger partial charge in [-0.2, -0.15) is 0 Å². The van der Waals surface area contributed by atoms with Crippen molar-refractivity contribution in [2.45, 2.75) is 23.3 Å². The maximum absolute atomic E-state index is 12.0. The molecule has 2 rings (SSSR count). The first-order valence-electron chi connectivity index (χ1n) is 7.03. The third-order valence-electron chi connectivity index (χ3n) is 3.51. The van der Waals surface area contributed by atoms with Crippen LogP contribution in [-0.4, -0.2) is 50.7 Å². The summed E-state index contributed by atoms with van der Waals surface area (Å²) in [4.78, 5) is 23.2. The Kier molecular flexibility index (Phi) is 5.34. The molecule has 1 aromatic carbocycles. The van der Waals surface area contributed by atoms with Crippen LogP contribution in [0.3, 0.4) is 0 Å². The van der Waals surface area contributed by atoms with E-state index in [-0.39, 0.29) is 37.5 Å². The normalized spacial score (nSPS) is 21.0. The minimum absolute atomic E-state index is 0.0934. The van der Waals surface area contributed by atoms with Crippen molar-refractivity contribution in [2.24, 2.45) is 0 Å². The Labute approximate surface area is 133 Å². The van der Waals surface area contributed by atoms with Gasteiger partial charge in [0.05, 0.1) is 11.5 Å². The number of sulfonamides is 1. The lowest BCUT2D eigenvalue weighted by Crippen LogP contribution is -2.55. The lowest BCUT2D eigenvalue weighted by Gasteiger charge is -2.23. The van der Waals surface area contributed by atoms with Crippen molar-refractivity contribution in [2.75, 3.05) is 19.8 Å². The number of carboxylic acid groups (broad SMARTS) is 1. The molecule has 1 aromatic rings. The van der Waals surface area contributed by atoms with Crippen molar-refractivity contribution < 1.29 is 27.9 Å². The highest BCUT2D eigenvalue weighted by Gasteiger charge is 2.43. The third kappa shape index (κ3) is 4.27. The summed E-state index contributed by atoms with van der Waals surface area (Å²) in [6, 6.07) is 7.77. The summed E-state index contributed by atoms with van der Waals surface area (Å²) in [6.45, 7) is 0.0383. The molecule has 0 aromatic heterocycles. The SMILES string of the molecule is O=C(CCNS(=O)(=O)c1ccccc1)NC1(C(=O)O)CCOC1. The van der Waals surface area contributed by atoms with Crippen LogP contribution in [0.15, 0.2) is 35.2 Å². The molecule has 1 saturated heterocycles. The molecular formula is C14H18N2O6S. The molecule has 0 bridgehead atoms. The fourth-order valence-corrected chi connectivity index (χ4v) is 3.25. The van der Waals surface area contributed by atoms with Gasteiger partial charge in [-0.15, -0.1) is 0 Å². The summed E-state index contributed by atoms with van der Waals surface area (Å²) in [5.41, 5.74) is -1.42. The number of amides is 1. The van der Waals surface area contributed by atoms with Crippen molar-refractivity contribution in [3.8, 4) is 0 Å². The number of ether oxygens (including phenoxy) is 1. The second-order valence-electron chi connectivity index (χ2n) is 5.20. The quantitative estimate of drug-likeness (QED) is 0.626. The van der Waals surface area contributed by atoms with E-state index in [2.05, 4.69) is 10.0 Å². The van der Waals surface area contributed by atoms with Crippen LogP contribution in [0.2, 0.25) is 0 Å². The maximum Gasteiger partial charge on any atom is 0.331 e. The predicted molar refractivity (Wildman–Crippen MR) is 80.2 cm³/mol. The van der Waals surface area contributed by atoms with E-state index in [1.54, 1.807) is 18.2 Å². The van der Waals surface area contributed by atoms with E-state index in [1.807, 2.05) is 0 Å². The number of carbonyl (C=O) groups excluding carboxylic acids is 1. The highest BCUT2D eigenvalue weighted by Crippen LogP contribution is 2.19. The van der Waals surface area contributed by atoms with E-state index in [1.165, 1.54) is 12.1 Å². The van der Waals surface area contributed by atoms with Gasteiger partial charge in [-0.05, 0) is 12.1 Å². The molecule has 1 fully saturated rings. The number of benzene rings is 1. The molecule has 0 radical (unpaired) electrons. The van der Waals surface area contributed by atoms with E-state index in [9.17, 15) is 23.1 Å². The van der Waals surface area contributed by atoms with Crippen molar-refractivity contribution in [1.82, 2.24) is 10.0 Å². The molecule has 1 aliphatic heterocycles. The molecule has 0 aliphatic carbocycles. The highest BCUT2D eigenvalue weighted by molar-refractivity contribution is 7.89. The van der Waals surface area contributed by atoms with Crippen LogP contribution in [0, 0.1) is 0 Å². The van der Waals surface area contributed by atoms with Gasteiger partial charge in [0.2, 0.25) is 15.9 Å². The zero-order valence-corrected chi connectivity index (χ0v) is 13.1. The Bertz CT molecular complexity index is 668.